The number of anilines is 1. The van der Waals surface area contributed by atoms with Crippen molar-refractivity contribution < 1.29 is 22.8 Å². The Morgan fingerprint density at radius 3 is 2.08 bits per heavy atom. The summed E-state index contributed by atoms with van der Waals surface area (Å²) in [6.45, 7) is 0.448. The number of hydrogen-bond donors (Lipinski definition) is 4. The standard InChI is InChI=1S/C17H23F3N4O2/c18-17(19,20)12-6-8-14(9-7-12)24-16(26)22-11-10-21-15(25)23-13-4-2-1-3-5-13/h6-9,13H,1-5,10-11H2,(H2,21,23,25)(H2,22,24,26). The van der Waals surface area contributed by atoms with Crippen molar-refractivity contribution in [1.82, 2.24) is 16.0 Å². The molecule has 0 unspecified atom stereocenters. The van der Waals surface area contributed by atoms with Gasteiger partial charge in [-0.1, -0.05) is 19.3 Å². The topological polar surface area (TPSA) is 82.3 Å². The van der Waals surface area contributed by atoms with Crippen LogP contribution in [0.1, 0.15) is 37.7 Å². The molecule has 0 saturated heterocycles. The first-order valence-electron chi connectivity index (χ1n) is 8.61. The fraction of sp³-hybridized carbons (Fsp3) is 0.529. The van der Waals surface area contributed by atoms with E-state index in [4.69, 9.17) is 0 Å². The van der Waals surface area contributed by atoms with Gasteiger partial charge >= 0.3 is 18.2 Å². The van der Waals surface area contributed by atoms with Crippen molar-refractivity contribution in [3.8, 4) is 0 Å². The molecule has 0 heterocycles. The number of urea groups is 2. The van der Waals surface area contributed by atoms with E-state index in [0.29, 0.717) is 0 Å². The van der Waals surface area contributed by atoms with Crippen LogP contribution in [-0.4, -0.2) is 31.2 Å². The Bertz CT molecular complexity index is 599. The molecule has 1 aromatic carbocycles. The summed E-state index contributed by atoms with van der Waals surface area (Å²) >= 11 is 0. The zero-order valence-corrected chi connectivity index (χ0v) is 14.3. The molecule has 0 spiro atoms. The third-order valence-electron chi connectivity index (χ3n) is 4.11. The van der Waals surface area contributed by atoms with Gasteiger partial charge in [-0.15, -0.1) is 0 Å². The predicted octanol–water partition coefficient (Wildman–Crippen LogP) is 3.46. The predicted molar refractivity (Wildman–Crippen MR) is 91.9 cm³/mol. The Hall–Kier alpha value is -2.45. The largest absolute Gasteiger partial charge is 0.416 e. The van der Waals surface area contributed by atoms with Crippen LogP contribution in [-0.2, 0) is 6.18 Å². The van der Waals surface area contributed by atoms with E-state index in [1.165, 1.54) is 18.6 Å². The molecule has 1 fully saturated rings. The van der Waals surface area contributed by atoms with Crippen molar-refractivity contribution in [3.63, 3.8) is 0 Å². The van der Waals surface area contributed by atoms with E-state index in [1.807, 2.05) is 0 Å². The van der Waals surface area contributed by atoms with Crippen molar-refractivity contribution in [2.75, 3.05) is 18.4 Å². The van der Waals surface area contributed by atoms with E-state index in [-0.39, 0.29) is 30.8 Å². The first kappa shape index (κ1) is 19.9. The number of hydrogen-bond acceptors (Lipinski definition) is 2. The number of benzene rings is 1. The zero-order chi connectivity index (χ0) is 19.0. The van der Waals surface area contributed by atoms with Crippen LogP contribution in [0.4, 0.5) is 28.4 Å². The Labute approximate surface area is 149 Å². The molecule has 1 aromatic rings. The lowest BCUT2D eigenvalue weighted by atomic mass is 9.96. The lowest BCUT2D eigenvalue weighted by Crippen LogP contribution is -2.45. The normalized spacial score (nSPS) is 15.2. The quantitative estimate of drug-likeness (QED) is 0.597. The lowest BCUT2D eigenvalue weighted by molar-refractivity contribution is -0.137. The molecule has 26 heavy (non-hydrogen) atoms. The minimum absolute atomic E-state index is 0.199. The van der Waals surface area contributed by atoms with Crippen molar-refractivity contribution in [1.29, 1.82) is 0 Å². The highest BCUT2D eigenvalue weighted by atomic mass is 19.4. The summed E-state index contributed by atoms with van der Waals surface area (Å²) in [5, 5.41) is 10.5. The number of carbonyl (C=O) groups excluding carboxylic acids is 2. The molecule has 4 amide bonds. The van der Waals surface area contributed by atoms with Crippen LogP contribution in [0.3, 0.4) is 0 Å². The zero-order valence-electron chi connectivity index (χ0n) is 14.3. The average molecular weight is 372 g/mol. The van der Waals surface area contributed by atoms with Gasteiger partial charge in [0.15, 0.2) is 0 Å². The maximum absolute atomic E-state index is 12.5. The molecule has 2 rings (SSSR count). The SMILES string of the molecule is O=C(NCCNC(=O)NC1CCCCC1)Nc1ccc(C(F)(F)F)cc1. The smallest absolute Gasteiger partial charge is 0.336 e. The Morgan fingerprint density at radius 1 is 0.923 bits per heavy atom. The number of alkyl halides is 3. The molecular formula is C17H23F3N4O2. The molecule has 0 aromatic heterocycles. The van der Waals surface area contributed by atoms with E-state index >= 15 is 0 Å². The van der Waals surface area contributed by atoms with Gasteiger partial charge in [-0.25, -0.2) is 9.59 Å². The van der Waals surface area contributed by atoms with Gasteiger partial charge in [0.1, 0.15) is 0 Å². The summed E-state index contributed by atoms with van der Waals surface area (Å²) in [6, 6.07) is 3.54. The first-order valence-corrected chi connectivity index (χ1v) is 8.61. The second kappa shape index (κ2) is 9.30. The highest BCUT2D eigenvalue weighted by Crippen LogP contribution is 2.29. The second-order valence-electron chi connectivity index (χ2n) is 6.19. The highest BCUT2D eigenvalue weighted by Gasteiger charge is 2.29. The van der Waals surface area contributed by atoms with E-state index in [1.54, 1.807) is 0 Å². The van der Waals surface area contributed by atoms with E-state index in [9.17, 15) is 22.8 Å². The summed E-state index contributed by atoms with van der Waals surface area (Å²) in [7, 11) is 0. The van der Waals surface area contributed by atoms with Crippen LogP contribution in [0.2, 0.25) is 0 Å². The summed E-state index contributed by atoms with van der Waals surface area (Å²) in [5.74, 6) is 0. The van der Waals surface area contributed by atoms with Crippen LogP contribution in [0.5, 0.6) is 0 Å². The molecule has 0 aliphatic heterocycles. The molecular weight excluding hydrogens is 349 g/mol. The van der Waals surface area contributed by atoms with Gasteiger partial charge in [0, 0.05) is 24.8 Å². The average Bonchev–Trinajstić information content (AvgIpc) is 2.59. The van der Waals surface area contributed by atoms with Crippen molar-refractivity contribution in [3.05, 3.63) is 29.8 Å². The lowest BCUT2D eigenvalue weighted by Gasteiger charge is -2.22. The molecule has 1 aliphatic carbocycles. The number of halogens is 3. The number of carbonyl (C=O) groups is 2. The monoisotopic (exact) mass is 372 g/mol. The first-order chi connectivity index (χ1) is 12.3. The third kappa shape index (κ3) is 6.81. The van der Waals surface area contributed by atoms with Crippen molar-refractivity contribution >= 4 is 17.7 Å². The van der Waals surface area contributed by atoms with E-state index in [2.05, 4.69) is 21.3 Å². The van der Waals surface area contributed by atoms with Crippen molar-refractivity contribution in [2.24, 2.45) is 0 Å². The van der Waals surface area contributed by atoms with Gasteiger partial charge in [0.25, 0.3) is 0 Å². The maximum Gasteiger partial charge on any atom is 0.416 e. The summed E-state index contributed by atoms with van der Waals surface area (Å²) in [4.78, 5) is 23.4. The fourth-order valence-corrected chi connectivity index (χ4v) is 2.75. The Kier molecular flexibility index (Phi) is 7.11. The van der Waals surface area contributed by atoms with E-state index in [0.717, 1.165) is 37.8 Å². The molecule has 6 nitrogen and oxygen atoms in total. The highest BCUT2D eigenvalue weighted by molar-refractivity contribution is 5.89. The molecule has 1 aliphatic rings. The van der Waals surface area contributed by atoms with Gasteiger partial charge in [0.2, 0.25) is 0 Å². The molecule has 4 N–H and O–H groups in total. The van der Waals surface area contributed by atoms with Gasteiger partial charge in [0.05, 0.1) is 5.56 Å². The molecule has 0 atom stereocenters. The van der Waals surface area contributed by atoms with E-state index < -0.39 is 17.8 Å². The molecule has 0 radical (unpaired) electrons. The van der Waals surface area contributed by atoms with Crippen LogP contribution in [0.15, 0.2) is 24.3 Å². The number of amides is 4. The molecule has 1 saturated carbocycles. The van der Waals surface area contributed by atoms with Crippen LogP contribution >= 0.6 is 0 Å². The van der Waals surface area contributed by atoms with Crippen LogP contribution < -0.4 is 21.3 Å². The molecule has 9 heteroatoms. The molecule has 0 bridgehead atoms. The van der Waals surface area contributed by atoms with Gasteiger partial charge in [-0.3, -0.25) is 0 Å². The Morgan fingerprint density at radius 2 is 1.50 bits per heavy atom. The van der Waals surface area contributed by atoms with Crippen LogP contribution in [0.25, 0.3) is 0 Å². The maximum atomic E-state index is 12.5. The minimum atomic E-state index is -4.41. The summed E-state index contributed by atoms with van der Waals surface area (Å²) < 4.78 is 37.4. The summed E-state index contributed by atoms with van der Waals surface area (Å²) in [5.41, 5.74) is -0.532. The second-order valence-corrected chi connectivity index (χ2v) is 6.19. The molecule has 144 valence electrons. The van der Waals surface area contributed by atoms with Crippen molar-refractivity contribution in [2.45, 2.75) is 44.3 Å². The number of nitrogens with one attached hydrogen (secondary N) is 4. The van der Waals surface area contributed by atoms with Gasteiger partial charge in [-0.05, 0) is 37.1 Å². The summed E-state index contributed by atoms with van der Waals surface area (Å²) in [6.07, 6.45) is 1.01. The van der Waals surface area contributed by atoms with Gasteiger partial charge < -0.3 is 21.3 Å². The fourth-order valence-electron chi connectivity index (χ4n) is 2.75. The van der Waals surface area contributed by atoms with Gasteiger partial charge in [-0.2, -0.15) is 13.2 Å². The number of rotatable bonds is 5. The third-order valence-corrected chi connectivity index (χ3v) is 4.11. The van der Waals surface area contributed by atoms with Crippen LogP contribution in [0, 0.1) is 0 Å². The minimum Gasteiger partial charge on any atom is -0.336 e. The Balaban J connectivity index is 1.62.